The number of rotatable bonds is 4. The Hall–Kier alpha value is -3.35. The number of amides is 4. The van der Waals surface area contributed by atoms with Gasteiger partial charge in [-0.15, -0.1) is 0 Å². The molecular weight excluding hydrogens is 320 g/mol. The minimum atomic E-state index is -0.450. The number of anilines is 2. The molecule has 3 rings (SSSR count). The molecule has 25 heavy (non-hydrogen) atoms. The van der Waals surface area contributed by atoms with Crippen LogP contribution in [-0.2, 0) is 0 Å². The van der Waals surface area contributed by atoms with E-state index in [4.69, 9.17) is 5.73 Å². The van der Waals surface area contributed by atoms with E-state index in [1.807, 2.05) is 13.0 Å². The largest absolute Gasteiger partial charge is 0.397 e. The summed E-state index contributed by atoms with van der Waals surface area (Å²) in [4.78, 5) is 37.5. The van der Waals surface area contributed by atoms with Crippen molar-refractivity contribution in [3.05, 3.63) is 59.2 Å². The van der Waals surface area contributed by atoms with Crippen LogP contribution in [0.3, 0.4) is 0 Å². The van der Waals surface area contributed by atoms with Crippen molar-refractivity contribution in [2.45, 2.75) is 6.92 Å². The summed E-state index contributed by atoms with van der Waals surface area (Å²) in [6, 6.07) is 11.5. The molecule has 0 bridgehead atoms. The first-order chi connectivity index (χ1) is 12.0. The Labute approximate surface area is 144 Å². The summed E-state index contributed by atoms with van der Waals surface area (Å²) >= 11 is 0. The summed E-state index contributed by atoms with van der Waals surface area (Å²) in [5, 5.41) is 5.27. The maximum atomic E-state index is 12.2. The zero-order valence-corrected chi connectivity index (χ0v) is 13.7. The topological polar surface area (TPSA) is 105 Å². The Morgan fingerprint density at radius 2 is 1.72 bits per heavy atom. The van der Waals surface area contributed by atoms with Crippen LogP contribution in [-0.4, -0.2) is 35.8 Å². The number of nitrogens with two attached hydrogens (primary N) is 1. The Morgan fingerprint density at radius 3 is 2.36 bits per heavy atom. The van der Waals surface area contributed by atoms with Crippen LogP contribution in [0.25, 0.3) is 0 Å². The van der Waals surface area contributed by atoms with Crippen LogP contribution >= 0.6 is 0 Å². The second-order valence-corrected chi connectivity index (χ2v) is 5.78. The van der Waals surface area contributed by atoms with Gasteiger partial charge in [0.1, 0.15) is 0 Å². The lowest BCUT2D eigenvalue weighted by Crippen LogP contribution is -2.39. The van der Waals surface area contributed by atoms with Gasteiger partial charge in [-0.25, -0.2) is 4.79 Å². The molecule has 0 aromatic heterocycles. The zero-order valence-electron chi connectivity index (χ0n) is 13.7. The van der Waals surface area contributed by atoms with E-state index in [2.05, 4.69) is 10.6 Å². The number of nitrogens with zero attached hydrogens (tertiary/aromatic N) is 1. The molecule has 7 nitrogen and oxygen atoms in total. The molecule has 7 heteroatoms. The van der Waals surface area contributed by atoms with Crippen molar-refractivity contribution in [3.8, 4) is 0 Å². The van der Waals surface area contributed by atoms with Gasteiger partial charge in [0.15, 0.2) is 0 Å². The normalized spacial score (nSPS) is 12.9. The highest BCUT2D eigenvalue weighted by Gasteiger charge is 2.34. The number of benzene rings is 2. The van der Waals surface area contributed by atoms with E-state index >= 15 is 0 Å². The van der Waals surface area contributed by atoms with Crippen LogP contribution in [0.2, 0.25) is 0 Å². The second kappa shape index (κ2) is 6.64. The van der Waals surface area contributed by atoms with Crippen molar-refractivity contribution in [3.63, 3.8) is 0 Å². The predicted molar refractivity (Wildman–Crippen MR) is 94.4 cm³/mol. The molecule has 4 N–H and O–H groups in total. The summed E-state index contributed by atoms with van der Waals surface area (Å²) < 4.78 is 0. The van der Waals surface area contributed by atoms with E-state index in [1.54, 1.807) is 36.4 Å². The maximum absolute atomic E-state index is 12.2. The second-order valence-electron chi connectivity index (χ2n) is 5.78. The van der Waals surface area contributed by atoms with Crippen molar-refractivity contribution in [2.75, 3.05) is 24.1 Å². The maximum Gasteiger partial charge on any atom is 0.319 e. The monoisotopic (exact) mass is 338 g/mol. The zero-order chi connectivity index (χ0) is 18.0. The number of carbonyl (C=O) groups is 3. The van der Waals surface area contributed by atoms with Crippen LogP contribution in [0.15, 0.2) is 42.5 Å². The first-order valence-electron chi connectivity index (χ1n) is 7.83. The first-order valence-corrected chi connectivity index (χ1v) is 7.83. The average Bonchev–Trinajstić information content (AvgIpc) is 2.83. The molecule has 1 heterocycles. The van der Waals surface area contributed by atoms with Crippen LogP contribution in [0.5, 0.6) is 0 Å². The van der Waals surface area contributed by atoms with Gasteiger partial charge < -0.3 is 16.4 Å². The van der Waals surface area contributed by atoms with Gasteiger partial charge in [-0.2, -0.15) is 0 Å². The van der Waals surface area contributed by atoms with Gasteiger partial charge in [0.2, 0.25) is 0 Å². The van der Waals surface area contributed by atoms with Gasteiger partial charge in [-0.05, 0) is 36.8 Å². The molecule has 0 aliphatic carbocycles. The Morgan fingerprint density at radius 1 is 1.08 bits per heavy atom. The molecule has 1 aliphatic heterocycles. The molecule has 0 unspecified atom stereocenters. The van der Waals surface area contributed by atoms with Crippen LogP contribution in [0.1, 0.15) is 26.3 Å². The van der Waals surface area contributed by atoms with E-state index < -0.39 is 6.03 Å². The van der Waals surface area contributed by atoms with Crippen LogP contribution in [0.4, 0.5) is 16.2 Å². The quantitative estimate of drug-likeness (QED) is 0.586. The highest BCUT2D eigenvalue weighted by Crippen LogP contribution is 2.22. The number of nitrogen functional groups attached to an aromatic ring is 1. The van der Waals surface area contributed by atoms with Crippen molar-refractivity contribution in [2.24, 2.45) is 0 Å². The van der Waals surface area contributed by atoms with Crippen LogP contribution < -0.4 is 16.4 Å². The molecule has 0 spiro atoms. The number of carbonyl (C=O) groups excluding carboxylic acids is 3. The van der Waals surface area contributed by atoms with Gasteiger partial charge in [0.25, 0.3) is 11.8 Å². The number of imide groups is 1. The number of fused-ring (bicyclic) bond motifs is 1. The molecule has 0 fully saturated rings. The molecule has 4 amide bonds. The predicted octanol–water partition coefficient (Wildman–Crippen LogP) is 1.99. The molecule has 0 saturated carbocycles. The van der Waals surface area contributed by atoms with Gasteiger partial charge in [-0.3, -0.25) is 14.5 Å². The average molecular weight is 338 g/mol. The van der Waals surface area contributed by atoms with Crippen LogP contribution in [0, 0.1) is 6.92 Å². The molecule has 2 aromatic rings. The molecule has 0 radical (unpaired) electrons. The number of hydrogen-bond acceptors (Lipinski definition) is 4. The van der Waals surface area contributed by atoms with Gasteiger partial charge in [0, 0.05) is 13.1 Å². The SMILES string of the molecule is Cc1ccc(N)c(NC(=O)NCCN2C(=O)c3ccccc3C2=O)c1. The fourth-order valence-corrected chi connectivity index (χ4v) is 2.67. The number of aryl methyl sites for hydroxylation is 1. The highest BCUT2D eigenvalue weighted by molar-refractivity contribution is 6.21. The molecule has 0 saturated heterocycles. The highest BCUT2D eigenvalue weighted by atomic mass is 16.2. The standard InChI is InChI=1S/C18H18N4O3/c1-11-6-7-14(19)15(10-11)21-18(25)20-8-9-22-16(23)12-4-2-3-5-13(12)17(22)24/h2-7,10H,8-9,19H2,1H3,(H2,20,21,25). The summed E-state index contributed by atoms with van der Waals surface area (Å²) in [5.74, 6) is -0.684. The Bertz CT molecular complexity index is 828. The smallest absolute Gasteiger partial charge is 0.319 e. The summed E-state index contributed by atoms with van der Waals surface area (Å²) in [6.45, 7) is 2.14. The summed E-state index contributed by atoms with van der Waals surface area (Å²) in [7, 11) is 0. The summed E-state index contributed by atoms with van der Waals surface area (Å²) in [5.41, 5.74) is 8.54. The van der Waals surface area contributed by atoms with Crippen molar-refractivity contribution in [1.29, 1.82) is 0 Å². The molecular formula is C18H18N4O3. The molecule has 128 valence electrons. The Kier molecular flexibility index (Phi) is 4.38. The van der Waals surface area contributed by atoms with Crippen molar-refractivity contribution >= 4 is 29.2 Å². The minimum absolute atomic E-state index is 0.100. The van der Waals surface area contributed by atoms with E-state index in [-0.39, 0.29) is 24.9 Å². The fraction of sp³-hybridized carbons (Fsp3) is 0.167. The molecule has 1 aliphatic rings. The van der Waals surface area contributed by atoms with E-state index in [1.165, 1.54) is 0 Å². The lowest BCUT2D eigenvalue weighted by atomic mass is 10.1. The first kappa shape index (κ1) is 16.5. The van der Waals surface area contributed by atoms with Gasteiger partial charge >= 0.3 is 6.03 Å². The van der Waals surface area contributed by atoms with Crippen molar-refractivity contribution < 1.29 is 14.4 Å². The third-order valence-corrected chi connectivity index (χ3v) is 3.96. The van der Waals surface area contributed by atoms with E-state index in [9.17, 15) is 14.4 Å². The summed E-state index contributed by atoms with van der Waals surface area (Å²) in [6.07, 6.45) is 0. The number of urea groups is 1. The fourth-order valence-electron chi connectivity index (χ4n) is 2.67. The molecule has 0 atom stereocenters. The van der Waals surface area contributed by atoms with E-state index in [0.29, 0.717) is 22.5 Å². The number of hydrogen-bond donors (Lipinski definition) is 3. The van der Waals surface area contributed by atoms with Gasteiger partial charge in [-0.1, -0.05) is 18.2 Å². The Balaban J connectivity index is 1.55. The van der Waals surface area contributed by atoms with Gasteiger partial charge in [0.05, 0.1) is 22.5 Å². The third-order valence-electron chi connectivity index (χ3n) is 3.96. The molecule has 2 aromatic carbocycles. The minimum Gasteiger partial charge on any atom is -0.397 e. The number of nitrogens with one attached hydrogen (secondary N) is 2. The van der Waals surface area contributed by atoms with E-state index in [0.717, 1.165) is 10.5 Å². The lowest BCUT2D eigenvalue weighted by Gasteiger charge is -2.15. The lowest BCUT2D eigenvalue weighted by molar-refractivity contribution is 0.0656. The third kappa shape index (κ3) is 3.30. The van der Waals surface area contributed by atoms with Crippen molar-refractivity contribution in [1.82, 2.24) is 10.2 Å².